The summed E-state index contributed by atoms with van der Waals surface area (Å²) in [4.78, 5) is 25.1. The summed E-state index contributed by atoms with van der Waals surface area (Å²) in [7, 11) is 0. The van der Waals surface area contributed by atoms with Gasteiger partial charge in [0.2, 0.25) is 0 Å². The SMILES string of the molecule is CC(C)N(CC[C@H](N)C(=O)O)C[C@H]1O[C@@H](n2cnc3c(N)ncnc32)[C@H](O)[C@@H]1O. The number of nitrogens with two attached hydrogens (primary N) is 2. The lowest BCUT2D eigenvalue weighted by Gasteiger charge is -2.30. The molecule has 7 N–H and O–H groups in total. The average Bonchev–Trinajstić information content (AvgIpc) is 3.21. The molecule has 5 atom stereocenters. The summed E-state index contributed by atoms with van der Waals surface area (Å²) in [5.74, 6) is -0.853. The number of aliphatic hydroxyl groups is 2. The van der Waals surface area contributed by atoms with Gasteiger partial charge in [-0.3, -0.25) is 14.3 Å². The van der Waals surface area contributed by atoms with Crippen LogP contribution >= 0.6 is 0 Å². The van der Waals surface area contributed by atoms with E-state index in [-0.39, 0.29) is 18.3 Å². The number of nitrogens with zero attached hydrogens (tertiary/aromatic N) is 5. The highest BCUT2D eigenvalue weighted by Crippen LogP contribution is 2.32. The van der Waals surface area contributed by atoms with Gasteiger partial charge in [-0.25, -0.2) is 15.0 Å². The molecule has 160 valence electrons. The van der Waals surface area contributed by atoms with E-state index in [1.807, 2.05) is 18.7 Å². The molecule has 2 aromatic rings. The van der Waals surface area contributed by atoms with Gasteiger partial charge in [-0.15, -0.1) is 0 Å². The Morgan fingerprint density at radius 1 is 1.31 bits per heavy atom. The first kappa shape index (κ1) is 21.3. The fourth-order valence-electron chi connectivity index (χ4n) is 3.39. The first-order chi connectivity index (χ1) is 13.7. The predicted molar refractivity (Wildman–Crippen MR) is 103 cm³/mol. The lowest BCUT2D eigenvalue weighted by Crippen LogP contribution is -2.45. The smallest absolute Gasteiger partial charge is 0.320 e. The fourth-order valence-corrected chi connectivity index (χ4v) is 3.39. The highest BCUT2D eigenvalue weighted by atomic mass is 16.6. The van der Waals surface area contributed by atoms with Crippen molar-refractivity contribution in [2.24, 2.45) is 5.73 Å². The third kappa shape index (κ3) is 4.31. The first-order valence-corrected chi connectivity index (χ1v) is 9.37. The Hall–Kier alpha value is -2.38. The van der Waals surface area contributed by atoms with E-state index >= 15 is 0 Å². The van der Waals surface area contributed by atoms with Gasteiger partial charge in [-0.05, 0) is 20.3 Å². The molecule has 0 spiro atoms. The standard InChI is InChI=1S/C17H27N7O5/c1-8(2)23(4-3-9(18)17(27)28)5-10-12(25)13(26)16(29-10)24-7-22-11-14(19)20-6-21-15(11)24/h6-10,12-13,16,25-26H,3-5,18H2,1-2H3,(H,27,28)(H2,19,20,21)/t9-,10+,12+,13+,16+/m0/s1. The lowest BCUT2D eigenvalue weighted by atomic mass is 10.1. The number of imidazole rings is 1. The summed E-state index contributed by atoms with van der Waals surface area (Å²) in [5, 5.41) is 30.1. The van der Waals surface area contributed by atoms with Crippen LogP contribution in [-0.4, -0.2) is 89.2 Å². The van der Waals surface area contributed by atoms with Gasteiger partial charge in [0, 0.05) is 19.1 Å². The molecule has 1 saturated heterocycles. The summed E-state index contributed by atoms with van der Waals surface area (Å²) in [6.45, 7) is 4.61. The number of carboxylic acids is 1. The summed E-state index contributed by atoms with van der Waals surface area (Å²) in [6, 6.07) is -0.906. The Bertz CT molecular complexity index is 860. The predicted octanol–water partition coefficient (Wildman–Crippen LogP) is -1.46. The van der Waals surface area contributed by atoms with E-state index in [0.29, 0.717) is 24.3 Å². The number of ether oxygens (including phenoxy) is 1. The van der Waals surface area contributed by atoms with Crippen LogP contribution < -0.4 is 11.5 Å². The Morgan fingerprint density at radius 2 is 2.03 bits per heavy atom. The Labute approximate surface area is 167 Å². The molecule has 1 aliphatic heterocycles. The Balaban J connectivity index is 1.74. The number of fused-ring (bicyclic) bond motifs is 1. The maximum absolute atomic E-state index is 11.0. The molecule has 1 aliphatic rings. The van der Waals surface area contributed by atoms with E-state index in [1.165, 1.54) is 17.2 Å². The molecule has 3 rings (SSSR count). The molecule has 0 aliphatic carbocycles. The van der Waals surface area contributed by atoms with Crippen molar-refractivity contribution in [2.45, 2.75) is 56.9 Å². The number of aliphatic hydroxyl groups excluding tert-OH is 2. The molecule has 0 unspecified atom stereocenters. The summed E-state index contributed by atoms with van der Waals surface area (Å²) >= 11 is 0. The van der Waals surface area contributed by atoms with Crippen molar-refractivity contribution >= 4 is 23.0 Å². The molecular formula is C17H27N7O5. The second kappa shape index (κ2) is 8.55. The van der Waals surface area contributed by atoms with Crippen molar-refractivity contribution in [3.8, 4) is 0 Å². The number of nitrogen functional groups attached to an aromatic ring is 1. The third-order valence-corrected chi connectivity index (χ3v) is 5.19. The molecular weight excluding hydrogens is 382 g/mol. The molecule has 0 aromatic carbocycles. The molecule has 12 nitrogen and oxygen atoms in total. The van der Waals surface area contributed by atoms with E-state index < -0.39 is 36.6 Å². The number of carbonyl (C=O) groups is 1. The van der Waals surface area contributed by atoms with Crippen LogP contribution in [0.25, 0.3) is 11.2 Å². The van der Waals surface area contributed by atoms with Crippen LogP contribution in [-0.2, 0) is 9.53 Å². The molecule has 0 amide bonds. The van der Waals surface area contributed by atoms with E-state index in [1.54, 1.807) is 0 Å². The van der Waals surface area contributed by atoms with Crippen molar-refractivity contribution in [1.29, 1.82) is 0 Å². The minimum Gasteiger partial charge on any atom is -0.480 e. The maximum Gasteiger partial charge on any atom is 0.320 e. The zero-order valence-corrected chi connectivity index (χ0v) is 16.3. The van der Waals surface area contributed by atoms with E-state index in [2.05, 4.69) is 15.0 Å². The molecule has 0 radical (unpaired) electrons. The molecule has 12 heteroatoms. The minimum absolute atomic E-state index is 0.0598. The van der Waals surface area contributed by atoms with Gasteiger partial charge >= 0.3 is 5.97 Å². The summed E-state index contributed by atoms with van der Waals surface area (Å²) in [5.41, 5.74) is 12.2. The van der Waals surface area contributed by atoms with Crippen LogP contribution in [0, 0.1) is 0 Å². The number of rotatable bonds is 8. The highest BCUT2D eigenvalue weighted by Gasteiger charge is 2.45. The Morgan fingerprint density at radius 3 is 2.69 bits per heavy atom. The van der Waals surface area contributed by atoms with Crippen molar-refractivity contribution in [2.75, 3.05) is 18.8 Å². The van der Waals surface area contributed by atoms with Crippen LogP contribution in [0.3, 0.4) is 0 Å². The summed E-state index contributed by atoms with van der Waals surface area (Å²) in [6.07, 6.45) is -0.971. The molecule has 0 bridgehead atoms. The quantitative estimate of drug-likeness (QED) is 0.343. The van der Waals surface area contributed by atoms with Crippen LogP contribution in [0.1, 0.15) is 26.5 Å². The van der Waals surface area contributed by atoms with E-state index in [4.69, 9.17) is 21.3 Å². The first-order valence-electron chi connectivity index (χ1n) is 9.37. The van der Waals surface area contributed by atoms with Gasteiger partial charge in [0.25, 0.3) is 0 Å². The second-order valence-corrected chi connectivity index (χ2v) is 7.45. The van der Waals surface area contributed by atoms with Crippen LogP contribution in [0.15, 0.2) is 12.7 Å². The fraction of sp³-hybridized carbons (Fsp3) is 0.647. The van der Waals surface area contributed by atoms with Crippen LogP contribution in [0.5, 0.6) is 0 Å². The minimum atomic E-state index is -1.20. The molecule has 0 saturated carbocycles. The largest absolute Gasteiger partial charge is 0.480 e. The van der Waals surface area contributed by atoms with Gasteiger partial charge in [0.05, 0.1) is 6.33 Å². The number of anilines is 1. The number of hydrogen-bond donors (Lipinski definition) is 5. The number of carboxylic acid groups (broad SMARTS) is 1. The zero-order chi connectivity index (χ0) is 21.3. The van der Waals surface area contributed by atoms with Crippen molar-refractivity contribution < 1.29 is 24.9 Å². The second-order valence-electron chi connectivity index (χ2n) is 7.45. The van der Waals surface area contributed by atoms with Gasteiger partial charge in [0.15, 0.2) is 17.7 Å². The molecule has 29 heavy (non-hydrogen) atoms. The number of aromatic nitrogens is 4. The van der Waals surface area contributed by atoms with Crippen LogP contribution in [0.4, 0.5) is 5.82 Å². The molecule has 2 aromatic heterocycles. The molecule has 1 fully saturated rings. The zero-order valence-electron chi connectivity index (χ0n) is 16.3. The van der Waals surface area contributed by atoms with Crippen molar-refractivity contribution in [3.05, 3.63) is 12.7 Å². The average molecular weight is 409 g/mol. The third-order valence-electron chi connectivity index (χ3n) is 5.19. The van der Waals surface area contributed by atoms with Crippen molar-refractivity contribution in [3.63, 3.8) is 0 Å². The van der Waals surface area contributed by atoms with Crippen molar-refractivity contribution in [1.82, 2.24) is 24.4 Å². The summed E-state index contributed by atoms with van der Waals surface area (Å²) < 4.78 is 7.46. The maximum atomic E-state index is 11.0. The number of aliphatic carboxylic acids is 1. The highest BCUT2D eigenvalue weighted by molar-refractivity contribution is 5.81. The van der Waals surface area contributed by atoms with Crippen LogP contribution in [0.2, 0.25) is 0 Å². The van der Waals surface area contributed by atoms with E-state index in [0.717, 1.165) is 0 Å². The van der Waals surface area contributed by atoms with Gasteiger partial charge < -0.3 is 31.5 Å². The topological polar surface area (TPSA) is 186 Å². The Kier molecular flexibility index (Phi) is 6.29. The van der Waals surface area contributed by atoms with Gasteiger partial charge in [-0.2, -0.15) is 0 Å². The normalized spacial score (nSPS) is 25.9. The van der Waals surface area contributed by atoms with E-state index in [9.17, 15) is 15.0 Å². The van der Waals surface area contributed by atoms with Gasteiger partial charge in [-0.1, -0.05) is 0 Å². The number of hydrogen-bond acceptors (Lipinski definition) is 10. The monoisotopic (exact) mass is 409 g/mol. The van der Waals surface area contributed by atoms with Gasteiger partial charge in [0.1, 0.15) is 36.2 Å². The molecule has 3 heterocycles. The lowest BCUT2D eigenvalue weighted by molar-refractivity contribution is -0.138.